The van der Waals surface area contributed by atoms with Gasteiger partial charge in [0.1, 0.15) is 5.60 Å². The molecule has 2 nitrogen and oxygen atoms in total. The lowest BCUT2D eigenvalue weighted by atomic mass is 9.69. The van der Waals surface area contributed by atoms with E-state index in [1.807, 2.05) is 20.8 Å². The third-order valence-corrected chi connectivity index (χ3v) is 5.02. The minimum Gasteiger partial charge on any atom is -0.459 e. The first-order chi connectivity index (χ1) is 9.96. The molecule has 3 aliphatic rings. The molecule has 0 bridgehead atoms. The maximum atomic E-state index is 12.7. The summed E-state index contributed by atoms with van der Waals surface area (Å²) in [6.45, 7) is 5.90. The number of ether oxygens (including phenoxy) is 1. The Morgan fingerprint density at radius 3 is 2.29 bits per heavy atom. The Kier molecular flexibility index (Phi) is 3.98. The summed E-state index contributed by atoms with van der Waals surface area (Å²) >= 11 is 0. The van der Waals surface area contributed by atoms with Gasteiger partial charge in [0.2, 0.25) is 0 Å². The van der Waals surface area contributed by atoms with Crippen LogP contribution in [0.3, 0.4) is 0 Å². The van der Waals surface area contributed by atoms with Crippen LogP contribution < -0.4 is 0 Å². The van der Waals surface area contributed by atoms with Crippen molar-refractivity contribution in [3.8, 4) is 0 Å². The fraction of sp³-hybridized carbons (Fsp3) is 0.737. The van der Waals surface area contributed by atoms with Gasteiger partial charge in [0.15, 0.2) is 0 Å². The first-order valence-electron chi connectivity index (χ1n) is 8.62. The topological polar surface area (TPSA) is 26.3 Å². The summed E-state index contributed by atoms with van der Waals surface area (Å²) in [5.74, 6) is 0.0189. The van der Waals surface area contributed by atoms with Gasteiger partial charge < -0.3 is 4.74 Å². The van der Waals surface area contributed by atoms with Gasteiger partial charge in [-0.2, -0.15) is 0 Å². The Hall–Kier alpha value is -1.05. The molecule has 2 heteroatoms. The van der Waals surface area contributed by atoms with Crippen LogP contribution >= 0.6 is 0 Å². The van der Waals surface area contributed by atoms with Crippen LogP contribution in [0.25, 0.3) is 0 Å². The molecule has 0 amide bonds. The van der Waals surface area contributed by atoms with Crippen molar-refractivity contribution in [2.75, 3.05) is 0 Å². The highest BCUT2D eigenvalue weighted by Gasteiger charge is 2.36. The summed E-state index contributed by atoms with van der Waals surface area (Å²) in [4.78, 5) is 12.7. The Bertz CT molecular complexity index is 502. The zero-order valence-corrected chi connectivity index (χ0v) is 13.8. The van der Waals surface area contributed by atoms with Crippen LogP contribution in [0.5, 0.6) is 0 Å². The van der Waals surface area contributed by atoms with Crippen LogP contribution in [0, 0.1) is 5.92 Å². The van der Waals surface area contributed by atoms with Gasteiger partial charge in [-0.15, -0.1) is 0 Å². The minimum absolute atomic E-state index is 0.00836. The van der Waals surface area contributed by atoms with E-state index in [1.54, 1.807) is 16.7 Å². The van der Waals surface area contributed by atoms with Gasteiger partial charge in [-0.05, 0) is 89.7 Å². The lowest BCUT2D eigenvalue weighted by Crippen LogP contribution is -2.33. The van der Waals surface area contributed by atoms with Gasteiger partial charge in [0.25, 0.3) is 0 Å². The van der Waals surface area contributed by atoms with E-state index in [1.165, 1.54) is 50.5 Å². The first kappa shape index (κ1) is 14.9. The van der Waals surface area contributed by atoms with Crippen molar-refractivity contribution in [2.24, 2.45) is 5.92 Å². The van der Waals surface area contributed by atoms with E-state index in [9.17, 15) is 4.79 Å². The van der Waals surface area contributed by atoms with Crippen molar-refractivity contribution >= 4 is 5.97 Å². The van der Waals surface area contributed by atoms with Gasteiger partial charge in [0.05, 0.1) is 5.92 Å². The van der Waals surface area contributed by atoms with E-state index in [4.69, 9.17) is 4.74 Å². The van der Waals surface area contributed by atoms with E-state index in [0.717, 1.165) is 12.8 Å². The number of hydrogen-bond acceptors (Lipinski definition) is 2. The van der Waals surface area contributed by atoms with Gasteiger partial charge >= 0.3 is 5.97 Å². The van der Waals surface area contributed by atoms with E-state index in [0.29, 0.717) is 0 Å². The molecule has 0 aliphatic heterocycles. The molecule has 21 heavy (non-hydrogen) atoms. The highest BCUT2D eigenvalue weighted by atomic mass is 16.6. The number of fused-ring (bicyclic) bond motifs is 1. The van der Waals surface area contributed by atoms with Crippen LogP contribution in [0.2, 0.25) is 0 Å². The summed E-state index contributed by atoms with van der Waals surface area (Å²) in [5, 5.41) is 0. The average Bonchev–Trinajstić information content (AvgIpc) is 2.44. The molecule has 0 fully saturated rings. The van der Waals surface area contributed by atoms with Crippen LogP contribution in [0.1, 0.15) is 78.6 Å². The third-order valence-electron chi connectivity index (χ3n) is 5.02. The summed E-state index contributed by atoms with van der Waals surface area (Å²) in [6, 6.07) is 0. The summed E-state index contributed by atoms with van der Waals surface area (Å²) in [6.07, 6.45) is 10.8. The highest BCUT2D eigenvalue weighted by molar-refractivity contribution is 5.78. The molecule has 0 aromatic rings. The lowest BCUT2D eigenvalue weighted by molar-refractivity contribution is -0.158. The number of hydrogen-bond donors (Lipinski definition) is 0. The Balaban J connectivity index is 1.91. The zero-order chi connectivity index (χ0) is 15.0. The molecule has 0 spiro atoms. The number of carbonyl (C=O) groups is 1. The normalized spacial score (nSPS) is 26.3. The molecule has 0 saturated carbocycles. The number of allylic oxidation sites excluding steroid dienone is 3. The maximum absolute atomic E-state index is 12.7. The van der Waals surface area contributed by atoms with Crippen molar-refractivity contribution in [1.29, 1.82) is 0 Å². The van der Waals surface area contributed by atoms with Crippen LogP contribution in [0.15, 0.2) is 22.3 Å². The van der Waals surface area contributed by atoms with E-state index in [2.05, 4.69) is 0 Å². The number of carbonyl (C=O) groups excluding carboxylic acids is 1. The molecule has 0 heterocycles. The molecule has 1 atom stereocenters. The standard InChI is InChI=1S/C19H28O2/c1-19(2,3)21-18(20)17-12-13-8-4-5-9-14(13)15-10-6-7-11-16(15)17/h17H,4-12H2,1-3H3. The lowest BCUT2D eigenvalue weighted by Gasteiger charge is -2.37. The van der Waals surface area contributed by atoms with Crippen molar-refractivity contribution in [3.05, 3.63) is 22.3 Å². The fourth-order valence-electron chi connectivity index (χ4n) is 4.18. The maximum Gasteiger partial charge on any atom is 0.313 e. The molecule has 0 aromatic heterocycles. The van der Waals surface area contributed by atoms with Gasteiger partial charge in [0, 0.05) is 0 Å². The Labute approximate surface area is 128 Å². The Morgan fingerprint density at radius 1 is 0.952 bits per heavy atom. The van der Waals surface area contributed by atoms with Gasteiger partial charge in [-0.3, -0.25) is 4.79 Å². The molecule has 0 N–H and O–H groups in total. The molecule has 1 unspecified atom stereocenters. The number of rotatable bonds is 1. The second-order valence-corrected chi connectivity index (χ2v) is 7.79. The molecule has 0 radical (unpaired) electrons. The molecular weight excluding hydrogens is 260 g/mol. The van der Waals surface area contributed by atoms with Crippen LogP contribution in [0.4, 0.5) is 0 Å². The van der Waals surface area contributed by atoms with Crippen molar-refractivity contribution in [2.45, 2.75) is 84.2 Å². The molecule has 0 aromatic carbocycles. The SMILES string of the molecule is CC(C)(C)OC(=O)C1CC2=C(CCCC2)C2=C1CCCC2. The molecule has 0 saturated heterocycles. The minimum atomic E-state index is -0.381. The molecule has 3 aliphatic carbocycles. The summed E-state index contributed by atoms with van der Waals surface area (Å²) in [5.41, 5.74) is 5.80. The quantitative estimate of drug-likeness (QED) is 0.628. The van der Waals surface area contributed by atoms with Crippen molar-refractivity contribution in [1.82, 2.24) is 0 Å². The third kappa shape index (κ3) is 3.09. The van der Waals surface area contributed by atoms with Crippen molar-refractivity contribution in [3.63, 3.8) is 0 Å². The Morgan fingerprint density at radius 2 is 1.57 bits per heavy atom. The van der Waals surface area contributed by atoms with E-state index >= 15 is 0 Å². The van der Waals surface area contributed by atoms with Crippen molar-refractivity contribution < 1.29 is 9.53 Å². The van der Waals surface area contributed by atoms with Crippen LogP contribution in [-0.2, 0) is 9.53 Å². The fourth-order valence-corrected chi connectivity index (χ4v) is 4.18. The van der Waals surface area contributed by atoms with Gasteiger partial charge in [-0.25, -0.2) is 0 Å². The summed E-state index contributed by atoms with van der Waals surface area (Å²) < 4.78 is 5.71. The zero-order valence-electron chi connectivity index (χ0n) is 13.8. The predicted molar refractivity (Wildman–Crippen MR) is 84.9 cm³/mol. The molecular formula is C19H28O2. The second kappa shape index (κ2) is 5.62. The molecule has 3 rings (SSSR count). The van der Waals surface area contributed by atoms with Gasteiger partial charge in [-0.1, -0.05) is 11.1 Å². The average molecular weight is 288 g/mol. The smallest absolute Gasteiger partial charge is 0.313 e. The van der Waals surface area contributed by atoms with E-state index < -0.39 is 0 Å². The first-order valence-corrected chi connectivity index (χ1v) is 8.62. The largest absolute Gasteiger partial charge is 0.459 e. The monoisotopic (exact) mass is 288 g/mol. The molecule has 116 valence electrons. The summed E-state index contributed by atoms with van der Waals surface area (Å²) in [7, 11) is 0. The van der Waals surface area contributed by atoms with E-state index in [-0.39, 0.29) is 17.5 Å². The van der Waals surface area contributed by atoms with Crippen LogP contribution in [-0.4, -0.2) is 11.6 Å². The second-order valence-electron chi connectivity index (χ2n) is 7.79. The number of esters is 1. The predicted octanol–water partition coefficient (Wildman–Crippen LogP) is 5.09. The highest BCUT2D eigenvalue weighted by Crippen LogP contribution is 2.47.